The van der Waals surface area contributed by atoms with E-state index in [0.717, 1.165) is 12.2 Å². The second kappa shape index (κ2) is 6.11. The molecule has 2 aromatic heterocycles. The van der Waals surface area contributed by atoms with Crippen LogP contribution in [0.25, 0.3) is 0 Å². The largest absolute Gasteiger partial charge is 0.407 e. The summed E-state index contributed by atoms with van der Waals surface area (Å²) in [4.78, 5) is 6.14. The number of pyridine rings is 1. The summed E-state index contributed by atoms with van der Waals surface area (Å²) in [5, 5.41) is 11.1. The van der Waals surface area contributed by atoms with Gasteiger partial charge in [0.05, 0.1) is 18.8 Å². The van der Waals surface area contributed by atoms with Gasteiger partial charge in [0.25, 0.3) is 0 Å². The van der Waals surface area contributed by atoms with Crippen molar-refractivity contribution in [3.8, 4) is 0 Å². The van der Waals surface area contributed by atoms with Crippen LogP contribution < -0.4 is 10.2 Å². The summed E-state index contributed by atoms with van der Waals surface area (Å²) in [6.45, 7) is 4.15. The van der Waals surface area contributed by atoms with Gasteiger partial charge in [0.2, 0.25) is 5.89 Å². The van der Waals surface area contributed by atoms with Crippen LogP contribution in [0.3, 0.4) is 0 Å². The Morgan fingerprint density at radius 1 is 1.33 bits per heavy atom. The number of aromatic nitrogens is 3. The molecule has 0 saturated carbocycles. The van der Waals surface area contributed by atoms with Crippen LogP contribution in [-0.2, 0) is 13.1 Å². The van der Waals surface area contributed by atoms with Gasteiger partial charge in [0, 0.05) is 13.2 Å². The molecule has 0 aliphatic heterocycles. The smallest absolute Gasteiger partial charge is 0.318 e. The minimum atomic E-state index is 0.508. The van der Waals surface area contributed by atoms with Crippen molar-refractivity contribution >= 4 is 6.01 Å². The van der Waals surface area contributed by atoms with Gasteiger partial charge < -0.3 is 14.6 Å². The molecule has 0 spiro atoms. The van der Waals surface area contributed by atoms with Crippen LogP contribution in [0.2, 0.25) is 0 Å². The molecule has 0 amide bonds. The molecule has 2 rings (SSSR count). The zero-order valence-corrected chi connectivity index (χ0v) is 10.6. The van der Waals surface area contributed by atoms with Crippen molar-refractivity contribution in [2.75, 3.05) is 18.5 Å². The van der Waals surface area contributed by atoms with Crippen molar-refractivity contribution in [3.05, 3.63) is 36.0 Å². The summed E-state index contributed by atoms with van der Waals surface area (Å²) < 4.78 is 5.53. The lowest BCUT2D eigenvalue weighted by Gasteiger charge is -2.12. The molecule has 96 valence electrons. The lowest BCUT2D eigenvalue weighted by Crippen LogP contribution is -2.17. The Morgan fingerprint density at radius 3 is 2.94 bits per heavy atom. The standard InChI is InChI=1S/C12H17N5O/c1-3-13-8-11-15-16-12(18-11)17(2)9-10-6-4-5-7-14-10/h4-7,13H,3,8-9H2,1-2H3. The topological polar surface area (TPSA) is 67.1 Å². The van der Waals surface area contributed by atoms with Crippen LogP contribution in [0, 0.1) is 0 Å². The lowest BCUT2D eigenvalue weighted by molar-refractivity contribution is 0.468. The molecule has 1 N–H and O–H groups in total. The maximum absolute atomic E-state index is 5.53. The highest BCUT2D eigenvalue weighted by Crippen LogP contribution is 2.12. The average molecular weight is 247 g/mol. The van der Waals surface area contributed by atoms with Crippen LogP contribution in [0.5, 0.6) is 0 Å². The van der Waals surface area contributed by atoms with Crippen molar-refractivity contribution in [1.29, 1.82) is 0 Å². The van der Waals surface area contributed by atoms with Gasteiger partial charge in [-0.3, -0.25) is 4.98 Å². The van der Waals surface area contributed by atoms with E-state index in [1.807, 2.05) is 37.1 Å². The molecule has 18 heavy (non-hydrogen) atoms. The van der Waals surface area contributed by atoms with Gasteiger partial charge >= 0.3 is 6.01 Å². The Morgan fingerprint density at radius 2 is 2.22 bits per heavy atom. The van der Waals surface area contributed by atoms with E-state index in [4.69, 9.17) is 4.42 Å². The fourth-order valence-electron chi connectivity index (χ4n) is 1.50. The third-order valence-electron chi connectivity index (χ3n) is 2.43. The molecular formula is C12H17N5O. The van der Waals surface area contributed by atoms with Crippen molar-refractivity contribution in [3.63, 3.8) is 0 Å². The van der Waals surface area contributed by atoms with Gasteiger partial charge in [-0.05, 0) is 18.7 Å². The first-order chi connectivity index (χ1) is 8.79. The Hall–Kier alpha value is -1.95. The number of rotatable bonds is 6. The first-order valence-electron chi connectivity index (χ1n) is 5.93. The molecular weight excluding hydrogens is 230 g/mol. The van der Waals surface area contributed by atoms with E-state index in [-0.39, 0.29) is 0 Å². The van der Waals surface area contributed by atoms with E-state index in [2.05, 4.69) is 20.5 Å². The molecule has 0 atom stereocenters. The third kappa shape index (κ3) is 3.27. The normalized spacial score (nSPS) is 10.6. The molecule has 0 aromatic carbocycles. The Kier molecular flexibility index (Phi) is 4.25. The number of nitrogens with one attached hydrogen (secondary N) is 1. The molecule has 6 heteroatoms. The fraction of sp³-hybridized carbons (Fsp3) is 0.417. The van der Waals surface area contributed by atoms with E-state index in [1.54, 1.807) is 6.20 Å². The molecule has 2 aromatic rings. The van der Waals surface area contributed by atoms with E-state index in [0.29, 0.717) is 25.0 Å². The first kappa shape index (κ1) is 12.5. The zero-order valence-electron chi connectivity index (χ0n) is 10.6. The Labute approximate surface area is 106 Å². The summed E-state index contributed by atoms with van der Waals surface area (Å²) in [5.74, 6) is 0.597. The van der Waals surface area contributed by atoms with E-state index >= 15 is 0 Å². The fourth-order valence-corrected chi connectivity index (χ4v) is 1.50. The second-order valence-corrected chi connectivity index (χ2v) is 3.94. The third-order valence-corrected chi connectivity index (χ3v) is 2.43. The monoisotopic (exact) mass is 247 g/mol. The summed E-state index contributed by atoms with van der Waals surface area (Å²) in [7, 11) is 1.90. The Balaban J connectivity index is 1.96. The van der Waals surface area contributed by atoms with Gasteiger partial charge in [0.15, 0.2) is 0 Å². The van der Waals surface area contributed by atoms with Gasteiger partial charge in [-0.25, -0.2) is 0 Å². The van der Waals surface area contributed by atoms with Gasteiger partial charge in [-0.15, -0.1) is 5.10 Å². The maximum Gasteiger partial charge on any atom is 0.318 e. The van der Waals surface area contributed by atoms with E-state index < -0.39 is 0 Å². The molecule has 6 nitrogen and oxygen atoms in total. The number of hydrogen-bond donors (Lipinski definition) is 1. The summed E-state index contributed by atoms with van der Waals surface area (Å²) in [5.41, 5.74) is 0.964. The molecule has 0 unspecified atom stereocenters. The highest BCUT2D eigenvalue weighted by atomic mass is 16.4. The highest BCUT2D eigenvalue weighted by Gasteiger charge is 2.11. The van der Waals surface area contributed by atoms with Gasteiger partial charge in [0.1, 0.15) is 0 Å². The predicted octanol–water partition coefficient (Wildman–Crippen LogP) is 1.21. The van der Waals surface area contributed by atoms with E-state index in [1.165, 1.54) is 0 Å². The molecule has 0 saturated heterocycles. The minimum Gasteiger partial charge on any atom is -0.407 e. The van der Waals surface area contributed by atoms with Crippen molar-refractivity contribution in [2.24, 2.45) is 0 Å². The Bertz CT molecular complexity index is 470. The SMILES string of the molecule is CCNCc1nnc(N(C)Cc2ccccn2)o1. The second-order valence-electron chi connectivity index (χ2n) is 3.94. The quantitative estimate of drug-likeness (QED) is 0.827. The molecule has 0 bridgehead atoms. The average Bonchev–Trinajstić information content (AvgIpc) is 2.86. The van der Waals surface area contributed by atoms with Crippen LogP contribution in [0.1, 0.15) is 18.5 Å². The molecule has 0 radical (unpaired) electrons. The maximum atomic E-state index is 5.53. The van der Waals surface area contributed by atoms with Crippen molar-refractivity contribution in [1.82, 2.24) is 20.5 Å². The van der Waals surface area contributed by atoms with Crippen molar-refractivity contribution in [2.45, 2.75) is 20.0 Å². The minimum absolute atomic E-state index is 0.508. The summed E-state index contributed by atoms with van der Waals surface area (Å²) in [6.07, 6.45) is 1.77. The summed E-state index contributed by atoms with van der Waals surface area (Å²) in [6, 6.07) is 6.33. The molecule has 0 aliphatic carbocycles. The molecule has 0 fully saturated rings. The summed E-state index contributed by atoms with van der Waals surface area (Å²) >= 11 is 0. The number of anilines is 1. The predicted molar refractivity (Wildman–Crippen MR) is 68.0 cm³/mol. The zero-order chi connectivity index (χ0) is 12.8. The first-order valence-corrected chi connectivity index (χ1v) is 5.93. The van der Waals surface area contributed by atoms with Gasteiger partial charge in [-0.2, -0.15) is 0 Å². The van der Waals surface area contributed by atoms with Crippen molar-refractivity contribution < 1.29 is 4.42 Å². The van der Waals surface area contributed by atoms with Gasteiger partial charge in [-0.1, -0.05) is 18.1 Å². The number of nitrogens with zero attached hydrogens (tertiary/aromatic N) is 4. The van der Waals surface area contributed by atoms with E-state index in [9.17, 15) is 0 Å². The number of hydrogen-bond acceptors (Lipinski definition) is 6. The van der Waals surface area contributed by atoms with Crippen LogP contribution in [0.4, 0.5) is 6.01 Å². The molecule has 0 aliphatic rings. The molecule has 2 heterocycles. The van der Waals surface area contributed by atoms with Crippen LogP contribution >= 0.6 is 0 Å². The lowest BCUT2D eigenvalue weighted by atomic mass is 10.3. The van der Waals surface area contributed by atoms with Crippen LogP contribution in [0.15, 0.2) is 28.8 Å². The highest BCUT2D eigenvalue weighted by molar-refractivity contribution is 5.24. The van der Waals surface area contributed by atoms with Crippen LogP contribution in [-0.4, -0.2) is 28.8 Å².